The van der Waals surface area contributed by atoms with Gasteiger partial charge in [0.2, 0.25) is 21.8 Å². The largest absolute Gasteiger partial charge is 0.474 e. The van der Waals surface area contributed by atoms with Crippen LogP contribution in [0.4, 0.5) is 10.8 Å². The van der Waals surface area contributed by atoms with Crippen LogP contribution in [0.3, 0.4) is 0 Å². The number of benzene rings is 1. The third-order valence-electron chi connectivity index (χ3n) is 5.21. The summed E-state index contributed by atoms with van der Waals surface area (Å²) in [7, 11) is -3.38. The SMILES string of the molecule is CCC(C(=O)Nc1ccc(-c2cncc(OC(C)C)n2)cc1)c1csc(NS(=O)(=O)C2CC2)n1. The first kappa shape index (κ1) is 24.1. The number of hydrogen-bond donors (Lipinski definition) is 2. The van der Waals surface area contributed by atoms with Crippen molar-refractivity contribution in [3.8, 4) is 17.1 Å². The molecule has 4 rings (SSSR count). The maximum atomic E-state index is 12.9. The Hall–Kier alpha value is -3.05. The number of aromatic nitrogens is 3. The molecule has 1 aromatic carbocycles. The van der Waals surface area contributed by atoms with E-state index in [2.05, 4.69) is 25.0 Å². The van der Waals surface area contributed by atoms with Crippen molar-refractivity contribution in [2.75, 3.05) is 10.0 Å². The lowest BCUT2D eigenvalue weighted by molar-refractivity contribution is -0.117. The van der Waals surface area contributed by atoms with Gasteiger partial charge in [-0.05, 0) is 45.2 Å². The van der Waals surface area contributed by atoms with Gasteiger partial charge < -0.3 is 10.1 Å². The molecule has 1 aliphatic rings. The number of anilines is 2. The second-order valence-electron chi connectivity index (χ2n) is 8.36. The summed E-state index contributed by atoms with van der Waals surface area (Å²) in [6.07, 6.45) is 5.11. The molecule has 0 saturated heterocycles. The summed E-state index contributed by atoms with van der Waals surface area (Å²) >= 11 is 1.19. The summed E-state index contributed by atoms with van der Waals surface area (Å²) in [5, 5.41) is 4.61. The number of amides is 1. The highest BCUT2D eigenvalue weighted by atomic mass is 32.2. The number of carbonyl (C=O) groups is 1. The Kier molecular flexibility index (Phi) is 7.13. The number of rotatable bonds is 10. The van der Waals surface area contributed by atoms with Crippen LogP contribution in [0, 0.1) is 0 Å². The van der Waals surface area contributed by atoms with Gasteiger partial charge >= 0.3 is 0 Å². The average Bonchev–Trinajstić information content (AvgIpc) is 3.57. The molecule has 0 spiro atoms. The first-order chi connectivity index (χ1) is 16.2. The minimum absolute atomic E-state index is 0.000766. The van der Waals surface area contributed by atoms with E-state index in [-0.39, 0.29) is 17.3 Å². The van der Waals surface area contributed by atoms with Crippen LogP contribution in [0.25, 0.3) is 11.3 Å². The van der Waals surface area contributed by atoms with E-state index in [1.54, 1.807) is 29.9 Å². The average molecular weight is 502 g/mol. The zero-order valence-electron chi connectivity index (χ0n) is 19.2. The molecule has 1 saturated carbocycles. The van der Waals surface area contributed by atoms with Crippen LogP contribution >= 0.6 is 11.3 Å². The second-order valence-corrected chi connectivity index (χ2v) is 11.2. The molecule has 0 aliphatic heterocycles. The van der Waals surface area contributed by atoms with Crippen molar-refractivity contribution in [1.29, 1.82) is 0 Å². The molecule has 2 N–H and O–H groups in total. The molecule has 11 heteroatoms. The Labute approximate surface area is 203 Å². The van der Waals surface area contributed by atoms with Gasteiger partial charge in [0, 0.05) is 16.6 Å². The molecule has 9 nitrogen and oxygen atoms in total. The van der Waals surface area contributed by atoms with Crippen LogP contribution in [0.5, 0.6) is 5.88 Å². The molecule has 0 radical (unpaired) electrons. The maximum Gasteiger partial charge on any atom is 0.237 e. The number of sulfonamides is 1. The van der Waals surface area contributed by atoms with Crippen molar-refractivity contribution >= 4 is 38.1 Å². The third-order valence-corrected chi connectivity index (χ3v) is 7.95. The zero-order chi connectivity index (χ0) is 24.3. The van der Waals surface area contributed by atoms with Gasteiger partial charge in [-0.25, -0.2) is 18.4 Å². The lowest BCUT2D eigenvalue weighted by atomic mass is 10.0. The lowest BCUT2D eigenvalue weighted by Crippen LogP contribution is -2.21. The number of ether oxygens (including phenoxy) is 1. The molecule has 180 valence electrons. The second kappa shape index (κ2) is 10.1. The number of thiazole rings is 1. The van der Waals surface area contributed by atoms with E-state index in [1.807, 2.05) is 32.9 Å². The summed E-state index contributed by atoms with van der Waals surface area (Å²) in [6.45, 7) is 5.74. The Balaban J connectivity index is 1.42. The molecule has 0 bridgehead atoms. The fraction of sp³-hybridized carbons (Fsp3) is 0.391. The van der Waals surface area contributed by atoms with Crippen LogP contribution in [0.1, 0.15) is 51.6 Å². The molecule has 1 amide bonds. The predicted molar refractivity (Wildman–Crippen MR) is 133 cm³/mol. The molecular weight excluding hydrogens is 474 g/mol. The van der Waals surface area contributed by atoms with Crippen molar-refractivity contribution in [2.24, 2.45) is 0 Å². The third kappa shape index (κ3) is 5.89. The first-order valence-corrected chi connectivity index (χ1v) is 13.5. The molecule has 3 aromatic rings. The van der Waals surface area contributed by atoms with Crippen LogP contribution in [-0.2, 0) is 14.8 Å². The van der Waals surface area contributed by atoms with E-state index >= 15 is 0 Å². The normalized spacial score (nSPS) is 14.6. The Morgan fingerprint density at radius 3 is 2.56 bits per heavy atom. The van der Waals surface area contributed by atoms with E-state index in [9.17, 15) is 13.2 Å². The molecule has 1 aliphatic carbocycles. The number of carbonyl (C=O) groups excluding carboxylic acids is 1. The highest BCUT2D eigenvalue weighted by molar-refractivity contribution is 7.93. The van der Waals surface area contributed by atoms with Gasteiger partial charge in [-0.1, -0.05) is 19.1 Å². The molecule has 34 heavy (non-hydrogen) atoms. The topological polar surface area (TPSA) is 123 Å². The summed E-state index contributed by atoms with van der Waals surface area (Å²) < 4.78 is 32.4. The number of nitrogens with one attached hydrogen (secondary N) is 2. The van der Waals surface area contributed by atoms with Crippen molar-refractivity contribution in [3.05, 3.63) is 47.7 Å². The minimum atomic E-state index is -3.38. The van der Waals surface area contributed by atoms with Crippen LogP contribution in [0.2, 0.25) is 0 Å². The van der Waals surface area contributed by atoms with Crippen LogP contribution < -0.4 is 14.8 Å². The van der Waals surface area contributed by atoms with E-state index in [0.29, 0.717) is 47.3 Å². The van der Waals surface area contributed by atoms with Gasteiger partial charge in [0.25, 0.3) is 0 Å². The summed E-state index contributed by atoms with van der Waals surface area (Å²) in [5.74, 6) is -0.243. The number of nitrogens with zero attached hydrogens (tertiary/aromatic N) is 3. The fourth-order valence-electron chi connectivity index (χ4n) is 3.34. The lowest BCUT2D eigenvalue weighted by Gasteiger charge is -2.13. The van der Waals surface area contributed by atoms with Crippen LogP contribution in [-0.4, -0.2) is 40.6 Å². The quantitative estimate of drug-likeness (QED) is 0.421. The van der Waals surface area contributed by atoms with Gasteiger partial charge in [0.15, 0.2) is 5.13 Å². The van der Waals surface area contributed by atoms with E-state index in [0.717, 1.165) is 5.56 Å². The highest BCUT2D eigenvalue weighted by Crippen LogP contribution is 2.32. The zero-order valence-corrected chi connectivity index (χ0v) is 20.8. The first-order valence-electron chi connectivity index (χ1n) is 11.1. The van der Waals surface area contributed by atoms with Gasteiger partial charge in [0.05, 0.1) is 41.1 Å². The highest BCUT2D eigenvalue weighted by Gasteiger charge is 2.36. The predicted octanol–water partition coefficient (Wildman–Crippen LogP) is 4.42. The number of hydrogen-bond acceptors (Lipinski definition) is 8. The summed E-state index contributed by atoms with van der Waals surface area (Å²) in [5.41, 5.74) is 2.71. The molecular formula is C23H27N5O4S2. The molecule has 1 unspecified atom stereocenters. The fourth-order valence-corrected chi connectivity index (χ4v) is 5.71. The molecule has 1 fully saturated rings. The monoisotopic (exact) mass is 501 g/mol. The summed E-state index contributed by atoms with van der Waals surface area (Å²) in [6, 6.07) is 7.31. The van der Waals surface area contributed by atoms with E-state index in [1.165, 1.54) is 11.3 Å². The Morgan fingerprint density at radius 1 is 1.18 bits per heavy atom. The van der Waals surface area contributed by atoms with Crippen molar-refractivity contribution in [2.45, 2.75) is 57.3 Å². The van der Waals surface area contributed by atoms with Gasteiger partial charge in [0.1, 0.15) is 0 Å². The standard InChI is InChI=1S/C23H27N5O4S2/c1-4-18(20-13-33-23(27-20)28-34(30,31)17-9-10-17)22(29)25-16-7-5-15(6-8-16)19-11-24-12-21(26-19)32-14(2)3/h5-8,11-14,17-18H,4,9-10H2,1-3H3,(H,25,29)(H,27,28). The van der Waals surface area contributed by atoms with Crippen molar-refractivity contribution < 1.29 is 17.9 Å². The van der Waals surface area contributed by atoms with Gasteiger partial charge in [-0.15, -0.1) is 11.3 Å². The van der Waals surface area contributed by atoms with E-state index in [4.69, 9.17) is 4.74 Å². The maximum absolute atomic E-state index is 12.9. The smallest absolute Gasteiger partial charge is 0.237 e. The van der Waals surface area contributed by atoms with Crippen molar-refractivity contribution in [3.63, 3.8) is 0 Å². The van der Waals surface area contributed by atoms with Gasteiger partial charge in [-0.3, -0.25) is 14.5 Å². The molecule has 1 atom stereocenters. The Morgan fingerprint density at radius 2 is 1.91 bits per heavy atom. The molecule has 2 heterocycles. The Bertz CT molecular complexity index is 1250. The molecule has 2 aromatic heterocycles. The summed E-state index contributed by atoms with van der Waals surface area (Å²) in [4.78, 5) is 26.0. The van der Waals surface area contributed by atoms with Gasteiger partial charge in [-0.2, -0.15) is 0 Å². The van der Waals surface area contributed by atoms with E-state index < -0.39 is 15.9 Å². The van der Waals surface area contributed by atoms with Crippen LogP contribution in [0.15, 0.2) is 42.0 Å². The van der Waals surface area contributed by atoms with Crippen molar-refractivity contribution in [1.82, 2.24) is 15.0 Å². The minimum Gasteiger partial charge on any atom is -0.474 e.